The summed E-state index contributed by atoms with van der Waals surface area (Å²) in [5.74, 6) is 0. The number of rotatable bonds is 5. The van der Waals surface area contributed by atoms with Gasteiger partial charge in [-0.2, -0.15) is 5.10 Å². The number of benzene rings is 2. The summed E-state index contributed by atoms with van der Waals surface area (Å²) in [6.45, 7) is 0.458. The summed E-state index contributed by atoms with van der Waals surface area (Å²) >= 11 is 7.33. The van der Waals surface area contributed by atoms with E-state index in [1.54, 1.807) is 6.20 Å². The molecule has 0 spiro atoms. The SMILES string of the molecule is O=c1c2ccccc2cnn1CCc1nnc(Nc2ccc(Cl)cc2)s1. The van der Waals surface area contributed by atoms with E-state index in [1.165, 1.54) is 16.0 Å². The highest BCUT2D eigenvalue weighted by Gasteiger charge is 2.08. The largest absolute Gasteiger partial charge is 0.330 e. The molecule has 4 aromatic rings. The van der Waals surface area contributed by atoms with Gasteiger partial charge in [-0.15, -0.1) is 10.2 Å². The topological polar surface area (TPSA) is 72.7 Å². The predicted octanol–water partition coefficient (Wildman–Crippen LogP) is 3.89. The number of anilines is 2. The Bertz CT molecular complexity index is 1110. The Hall–Kier alpha value is -2.77. The Morgan fingerprint density at radius 2 is 1.88 bits per heavy atom. The van der Waals surface area contributed by atoms with Gasteiger partial charge < -0.3 is 5.32 Å². The number of nitrogens with zero attached hydrogens (tertiary/aromatic N) is 4. The minimum absolute atomic E-state index is 0.0906. The Kier molecular flexibility index (Phi) is 4.64. The number of aromatic nitrogens is 4. The van der Waals surface area contributed by atoms with Crippen molar-refractivity contribution in [1.29, 1.82) is 0 Å². The van der Waals surface area contributed by atoms with Crippen molar-refractivity contribution in [3.63, 3.8) is 0 Å². The van der Waals surface area contributed by atoms with Gasteiger partial charge in [-0.3, -0.25) is 4.79 Å². The molecule has 0 atom stereocenters. The van der Waals surface area contributed by atoms with Gasteiger partial charge in [0.1, 0.15) is 5.01 Å². The minimum atomic E-state index is -0.0906. The molecule has 0 aliphatic rings. The van der Waals surface area contributed by atoms with Crippen molar-refractivity contribution in [3.05, 3.63) is 75.1 Å². The van der Waals surface area contributed by atoms with Crippen molar-refractivity contribution in [1.82, 2.24) is 20.0 Å². The molecule has 130 valence electrons. The van der Waals surface area contributed by atoms with Crippen molar-refractivity contribution in [2.24, 2.45) is 0 Å². The zero-order chi connectivity index (χ0) is 17.9. The standard InChI is InChI=1S/C18H14ClN5OS/c19-13-5-7-14(8-6-13)21-18-23-22-16(26-18)9-10-24-17(25)15-4-2-1-3-12(15)11-20-24/h1-8,11H,9-10H2,(H,21,23). The lowest BCUT2D eigenvalue weighted by Crippen LogP contribution is -2.23. The highest BCUT2D eigenvalue weighted by Crippen LogP contribution is 2.22. The Morgan fingerprint density at radius 1 is 1.08 bits per heavy atom. The van der Waals surface area contributed by atoms with E-state index in [0.29, 0.717) is 28.5 Å². The molecule has 2 heterocycles. The van der Waals surface area contributed by atoms with Gasteiger partial charge >= 0.3 is 0 Å². The second-order valence-electron chi connectivity index (χ2n) is 5.64. The number of halogens is 1. The van der Waals surface area contributed by atoms with Gasteiger partial charge in [0.2, 0.25) is 5.13 Å². The molecular weight excluding hydrogens is 370 g/mol. The fourth-order valence-electron chi connectivity index (χ4n) is 2.55. The minimum Gasteiger partial charge on any atom is -0.330 e. The number of aryl methyl sites for hydroxylation is 2. The molecule has 0 amide bonds. The monoisotopic (exact) mass is 383 g/mol. The third-order valence-electron chi connectivity index (χ3n) is 3.86. The first-order chi connectivity index (χ1) is 12.7. The summed E-state index contributed by atoms with van der Waals surface area (Å²) in [6, 6.07) is 14.8. The molecule has 26 heavy (non-hydrogen) atoms. The van der Waals surface area contributed by atoms with Crippen LogP contribution in [0.3, 0.4) is 0 Å². The highest BCUT2D eigenvalue weighted by molar-refractivity contribution is 7.15. The lowest BCUT2D eigenvalue weighted by Gasteiger charge is -2.04. The quantitative estimate of drug-likeness (QED) is 0.566. The summed E-state index contributed by atoms with van der Waals surface area (Å²) in [4.78, 5) is 12.5. The summed E-state index contributed by atoms with van der Waals surface area (Å²) in [7, 11) is 0. The molecule has 0 aliphatic heterocycles. The van der Waals surface area contributed by atoms with Crippen LogP contribution in [0, 0.1) is 0 Å². The zero-order valence-corrected chi connectivity index (χ0v) is 15.2. The van der Waals surface area contributed by atoms with Gasteiger partial charge in [0.15, 0.2) is 0 Å². The molecule has 0 unspecified atom stereocenters. The summed E-state index contributed by atoms with van der Waals surface area (Å²) < 4.78 is 1.47. The molecule has 0 aliphatic carbocycles. The molecule has 0 saturated carbocycles. The van der Waals surface area contributed by atoms with Crippen LogP contribution in [0.5, 0.6) is 0 Å². The van der Waals surface area contributed by atoms with Gasteiger partial charge in [0.05, 0.1) is 18.1 Å². The van der Waals surface area contributed by atoms with Crippen LogP contribution in [0.25, 0.3) is 10.8 Å². The fraction of sp³-hybridized carbons (Fsp3) is 0.111. The van der Waals surface area contributed by atoms with Crippen LogP contribution >= 0.6 is 22.9 Å². The van der Waals surface area contributed by atoms with Gasteiger partial charge in [-0.1, -0.05) is 41.1 Å². The summed E-state index contributed by atoms with van der Waals surface area (Å²) in [5, 5.41) is 19.5. The van der Waals surface area contributed by atoms with E-state index in [2.05, 4.69) is 20.6 Å². The smallest absolute Gasteiger partial charge is 0.274 e. The average Bonchev–Trinajstić information content (AvgIpc) is 3.11. The van der Waals surface area contributed by atoms with E-state index < -0.39 is 0 Å². The van der Waals surface area contributed by atoms with Crippen LogP contribution in [0.1, 0.15) is 5.01 Å². The van der Waals surface area contributed by atoms with Crippen molar-refractivity contribution >= 4 is 44.5 Å². The van der Waals surface area contributed by atoms with Crippen LogP contribution in [0.15, 0.2) is 59.5 Å². The lowest BCUT2D eigenvalue weighted by molar-refractivity contribution is 0.581. The Labute approximate surface area is 158 Å². The molecule has 0 fully saturated rings. The second kappa shape index (κ2) is 7.23. The second-order valence-corrected chi connectivity index (χ2v) is 7.14. The number of hydrogen-bond donors (Lipinski definition) is 1. The maximum Gasteiger partial charge on any atom is 0.274 e. The fourth-order valence-corrected chi connectivity index (χ4v) is 3.43. The normalized spacial score (nSPS) is 11.0. The van der Waals surface area contributed by atoms with E-state index >= 15 is 0 Å². The molecule has 1 N–H and O–H groups in total. The first kappa shape index (κ1) is 16.7. The van der Waals surface area contributed by atoms with E-state index in [0.717, 1.165) is 16.1 Å². The van der Waals surface area contributed by atoms with E-state index in [9.17, 15) is 4.79 Å². The average molecular weight is 384 g/mol. The molecule has 6 nitrogen and oxygen atoms in total. The molecule has 8 heteroatoms. The zero-order valence-electron chi connectivity index (χ0n) is 13.6. The van der Waals surface area contributed by atoms with Crippen LogP contribution in [0.2, 0.25) is 5.02 Å². The van der Waals surface area contributed by atoms with E-state index in [1.807, 2.05) is 48.5 Å². The highest BCUT2D eigenvalue weighted by atomic mass is 35.5. The number of fused-ring (bicyclic) bond motifs is 1. The van der Waals surface area contributed by atoms with E-state index in [4.69, 9.17) is 11.6 Å². The predicted molar refractivity (Wildman–Crippen MR) is 104 cm³/mol. The van der Waals surface area contributed by atoms with E-state index in [-0.39, 0.29) is 5.56 Å². The first-order valence-electron chi connectivity index (χ1n) is 7.99. The van der Waals surface area contributed by atoms with Gasteiger partial charge in [-0.25, -0.2) is 4.68 Å². The molecule has 2 aromatic carbocycles. The van der Waals surface area contributed by atoms with Crippen molar-refractivity contribution in [3.8, 4) is 0 Å². The Balaban J connectivity index is 1.46. The van der Waals surface area contributed by atoms with Gasteiger partial charge in [0.25, 0.3) is 5.56 Å². The molecular formula is C18H14ClN5OS. The van der Waals surface area contributed by atoms with Crippen LogP contribution < -0.4 is 10.9 Å². The maximum absolute atomic E-state index is 12.5. The van der Waals surface area contributed by atoms with Gasteiger partial charge in [0, 0.05) is 22.5 Å². The maximum atomic E-state index is 12.5. The first-order valence-corrected chi connectivity index (χ1v) is 9.18. The lowest BCUT2D eigenvalue weighted by atomic mass is 10.2. The van der Waals surface area contributed by atoms with Gasteiger partial charge in [-0.05, 0) is 30.3 Å². The Morgan fingerprint density at radius 3 is 2.73 bits per heavy atom. The molecule has 0 saturated heterocycles. The van der Waals surface area contributed by atoms with Crippen molar-refractivity contribution < 1.29 is 0 Å². The molecule has 0 radical (unpaired) electrons. The van der Waals surface area contributed by atoms with Crippen LogP contribution in [-0.4, -0.2) is 20.0 Å². The van der Waals surface area contributed by atoms with Crippen molar-refractivity contribution in [2.45, 2.75) is 13.0 Å². The summed E-state index contributed by atoms with van der Waals surface area (Å²) in [5.41, 5.74) is 0.802. The molecule has 2 aromatic heterocycles. The van der Waals surface area contributed by atoms with Crippen LogP contribution in [-0.2, 0) is 13.0 Å². The third kappa shape index (κ3) is 3.58. The number of nitrogens with one attached hydrogen (secondary N) is 1. The third-order valence-corrected chi connectivity index (χ3v) is 5.01. The molecule has 4 rings (SSSR count). The molecule has 0 bridgehead atoms. The summed E-state index contributed by atoms with van der Waals surface area (Å²) in [6.07, 6.45) is 2.30. The number of hydrogen-bond acceptors (Lipinski definition) is 6. The van der Waals surface area contributed by atoms with Crippen molar-refractivity contribution in [2.75, 3.05) is 5.32 Å². The van der Waals surface area contributed by atoms with Crippen LogP contribution in [0.4, 0.5) is 10.8 Å².